The third-order valence-electron chi connectivity index (χ3n) is 5.35. The number of phenolic OH excluding ortho intramolecular Hbond substituents is 1. The lowest BCUT2D eigenvalue weighted by Crippen LogP contribution is -2.46. The molecule has 0 atom stereocenters. The molecule has 1 saturated heterocycles. The van der Waals surface area contributed by atoms with Gasteiger partial charge in [-0.2, -0.15) is 0 Å². The summed E-state index contributed by atoms with van der Waals surface area (Å²) in [5.74, 6) is 2.50. The molecule has 0 unspecified atom stereocenters. The Hall–Kier alpha value is -2.71. The Morgan fingerprint density at radius 3 is 2.31 bits per heavy atom. The smallest absolute Gasteiger partial charge is 0.142 e. The fraction of sp³-hybridized carbons (Fsp3) is 0.381. The van der Waals surface area contributed by atoms with Crippen molar-refractivity contribution in [3.05, 3.63) is 35.3 Å². The van der Waals surface area contributed by atoms with Crippen LogP contribution in [0.3, 0.4) is 0 Å². The summed E-state index contributed by atoms with van der Waals surface area (Å²) in [7, 11) is 4.97. The predicted molar refractivity (Wildman–Crippen MR) is 115 cm³/mol. The van der Waals surface area contributed by atoms with Gasteiger partial charge in [0.15, 0.2) is 0 Å². The van der Waals surface area contributed by atoms with Gasteiger partial charge in [-0.25, -0.2) is 4.98 Å². The molecular weight excluding hydrogens is 390 g/mol. The lowest BCUT2D eigenvalue weighted by atomic mass is 10.1. The number of hydrogen-bond acceptors (Lipinski definition) is 8. The van der Waals surface area contributed by atoms with Gasteiger partial charge in [0.1, 0.15) is 28.5 Å². The molecule has 0 amide bonds. The highest BCUT2D eigenvalue weighted by Gasteiger charge is 2.23. The van der Waals surface area contributed by atoms with Gasteiger partial charge in [0.2, 0.25) is 0 Å². The third-order valence-corrected chi connectivity index (χ3v) is 6.20. The van der Waals surface area contributed by atoms with Crippen LogP contribution in [0.25, 0.3) is 10.2 Å². The fourth-order valence-electron chi connectivity index (χ4n) is 3.78. The Kier molecular flexibility index (Phi) is 5.64. The van der Waals surface area contributed by atoms with Crippen molar-refractivity contribution in [2.75, 3.05) is 52.4 Å². The SMILES string of the molecule is COc1cc(OC)c(CN2CCN(c3ccc(O)c4ncsc34)CC2)c(OC)c1. The zero-order valence-electron chi connectivity index (χ0n) is 16.8. The van der Waals surface area contributed by atoms with Crippen LogP contribution in [0.4, 0.5) is 5.69 Å². The number of hydrogen-bond donors (Lipinski definition) is 1. The van der Waals surface area contributed by atoms with Crippen molar-refractivity contribution in [2.24, 2.45) is 0 Å². The maximum absolute atomic E-state index is 10.0. The van der Waals surface area contributed by atoms with Crippen LogP contribution in [0, 0.1) is 0 Å². The molecule has 0 bridgehead atoms. The van der Waals surface area contributed by atoms with Gasteiger partial charge in [-0.05, 0) is 12.1 Å². The van der Waals surface area contributed by atoms with E-state index in [2.05, 4.69) is 14.8 Å². The predicted octanol–water partition coefficient (Wildman–Crippen LogP) is 3.35. The molecule has 8 heteroatoms. The van der Waals surface area contributed by atoms with Crippen LogP contribution in [0.15, 0.2) is 29.8 Å². The molecule has 1 aliphatic rings. The summed E-state index contributed by atoms with van der Waals surface area (Å²) in [6.07, 6.45) is 0. The largest absolute Gasteiger partial charge is 0.506 e. The summed E-state index contributed by atoms with van der Waals surface area (Å²) in [4.78, 5) is 9.05. The van der Waals surface area contributed by atoms with E-state index in [1.54, 1.807) is 44.2 Å². The quantitative estimate of drug-likeness (QED) is 0.662. The second kappa shape index (κ2) is 8.34. The van der Waals surface area contributed by atoms with Crippen LogP contribution >= 0.6 is 11.3 Å². The van der Waals surface area contributed by atoms with Gasteiger partial charge in [0.25, 0.3) is 0 Å². The van der Waals surface area contributed by atoms with Crippen molar-refractivity contribution in [3.63, 3.8) is 0 Å². The Balaban J connectivity index is 1.49. The highest BCUT2D eigenvalue weighted by molar-refractivity contribution is 7.17. The Labute approximate surface area is 174 Å². The van der Waals surface area contributed by atoms with Crippen molar-refractivity contribution in [1.29, 1.82) is 0 Å². The van der Waals surface area contributed by atoms with Crippen LogP contribution in [0.2, 0.25) is 0 Å². The lowest BCUT2D eigenvalue weighted by molar-refractivity contribution is 0.241. The molecule has 1 aromatic heterocycles. The molecule has 4 rings (SSSR count). The van der Waals surface area contributed by atoms with Gasteiger partial charge < -0.3 is 24.2 Å². The number of fused-ring (bicyclic) bond motifs is 1. The first-order chi connectivity index (χ1) is 14.1. The standard InChI is InChI=1S/C21H25N3O4S/c1-26-14-10-18(27-2)15(19(11-14)28-3)12-23-6-8-24(9-7-23)16-4-5-17(25)20-21(16)29-13-22-20/h4-5,10-11,13,25H,6-9,12H2,1-3H3. The first kappa shape index (κ1) is 19.6. The van der Waals surface area contributed by atoms with Crippen molar-refractivity contribution in [3.8, 4) is 23.0 Å². The van der Waals surface area contributed by atoms with Crippen molar-refractivity contribution in [1.82, 2.24) is 9.88 Å². The van der Waals surface area contributed by atoms with Crippen LogP contribution in [-0.2, 0) is 6.54 Å². The molecule has 0 saturated carbocycles. The maximum atomic E-state index is 10.0. The number of methoxy groups -OCH3 is 3. The number of aromatic hydroxyl groups is 1. The third kappa shape index (κ3) is 3.77. The average molecular weight is 416 g/mol. The molecule has 0 aliphatic carbocycles. The Bertz CT molecular complexity index is 974. The van der Waals surface area contributed by atoms with E-state index in [0.717, 1.165) is 60.2 Å². The molecule has 1 fully saturated rings. The molecule has 0 spiro atoms. The molecule has 154 valence electrons. The number of nitrogens with zero attached hydrogens (tertiary/aromatic N) is 3. The summed E-state index contributed by atoms with van der Waals surface area (Å²) in [6.45, 7) is 4.38. The first-order valence-electron chi connectivity index (χ1n) is 9.46. The van der Waals surface area contributed by atoms with Crippen molar-refractivity contribution >= 4 is 27.2 Å². The molecular formula is C21H25N3O4S. The number of phenols is 1. The molecule has 1 aliphatic heterocycles. The van der Waals surface area contributed by atoms with Crippen LogP contribution in [0.1, 0.15) is 5.56 Å². The van der Waals surface area contributed by atoms with Gasteiger partial charge in [0, 0.05) is 44.9 Å². The molecule has 2 heterocycles. The number of aromatic nitrogens is 1. The topological polar surface area (TPSA) is 67.3 Å². The van der Waals surface area contributed by atoms with E-state index >= 15 is 0 Å². The van der Waals surface area contributed by atoms with Gasteiger partial charge in [-0.15, -0.1) is 11.3 Å². The number of ether oxygens (including phenoxy) is 3. The number of thiazole rings is 1. The fourth-order valence-corrected chi connectivity index (χ4v) is 4.63. The summed E-state index contributed by atoms with van der Waals surface area (Å²) < 4.78 is 17.6. The van der Waals surface area contributed by atoms with Gasteiger partial charge in [0.05, 0.1) is 42.8 Å². The minimum absolute atomic E-state index is 0.238. The number of anilines is 1. The van der Waals surface area contributed by atoms with E-state index in [4.69, 9.17) is 14.2 Å². The highest BCUT2D eigenvalue weighted by atomic mass is 32.1. The van der Waals surface area contributed by atoms with E-state index in [1.165, 1.54) is 0 Å². The normalized spacial score (nSPS) is 14.9. The number of piperazine rings is 1. The van der Waals surface area contributed by atoms with Crippen LogP contribution in [0.5, 0.6) is 23.0 Å². The van der Waals surface area contributed by atoms with E-state index in [1.807, 2.05) is 18.2 Å². The number of benzene rings is 2. The monoisotopic (exact) mass is 415 g/mol. The molecule has 7 nitrogen and oxygen atoms in total. The van der Waals surface area contributed by atoms with E-state index in [-0.39, 0.29) is 5.75 Å². The maximum Gasteiger partial charge on any atom is 0.142 e. The summed E-state index contributed by atoms with van der Waals surface area (Å²) in [6, 6.07) is 7.51. The van der Waals surface area contributed by atoms with Crippen molar-refractivity contribution < 1.29 is 19.3 Å². The highest BCUT2D eigenvalue weighted by Crippen LogP contribution is 2.37. The van der Waals surface area contributed by atoms with E-state index in [9.17, 15) is 5.11 Å². The van der Waals surface area contributed by atoms with E-state index < -0.39 is 0 Å². The number of rotatable bonds is 6. The van der Waals surface area contributed by atoms with Gasteiger partial charge in [-0.3, -0.25) is 4.90 Å². The minimum atomic E-state index is 0.238. The molecule has 2 aromatic carbocycles. The molecule has 0 radical (unpaired) electrons. The average Bonchev–Trinajstić information content (AvgIpc) is 3.25. The van der Waals surface area contributed by atoms with Gasteiger partial charge >= 0.3 is 0 Å². The Morgan fingerprint density at radius 2 is 1.69 bits per heavy atom. The molecule has 1 N–H and O–H groups in total. The zero-order chi connectivity index (χ0) is 20.4. The lowest BCUT2D eigenvalue weighted by Gasteiger charge is -2.36. The molecule has 29 heavy (non-hydrogen) atoms. The molecule has 3 aromatic rings. The summed E-state index contributed by atoms with van der Waals surface area (Å²) >= 11 is 1.57. The summed E-state index contributed by atoms with van der Waals surface area (Å²) in [5, 5.41) is 10.0. The van der Waals surface area contributed by atoms with Crippen molar-refractivity contribution in [2.45, 2.75) is 6.54 Å². The first-order valence-corrected chi connectivity index (χ1v) is 10.3. The Morgan fingerprint density at radius 1 is 1.00 bits per heavy atom. The van der Waals surface area contributed by atoms with Crippen LogP contribution in [-0.4, -0.2) is 62.5 Å². The van der Waals surface area contributed by atoms with E-state index in [0.29, 0.717) is 11.3 Å². The summed E-state index contributed by atoms with van der Waals surface area (Å²) in [5.41, 5.74) is 4.63. The zero-order valence-corrected chi connectivity index (χ0v) is 17.7. The second-order valence-corrected chi connectivity index (χ2v) is 7.76. The second-order valence-electron chi connectivity index (χ2n) is 6.91. The minimum Gasteiger partial charge on any atom is -0.506 e. The van der Waals surface area contributed by atoms with Crippen LogP contribution < -0.4 is 19.1 Å². The van der Waals surface area contributed by atoms with Gasteiger partial charge in [-0.1, -0.05) is 0 Å².